The number of nitrogens with zero attached hydrogens (tertiary/aromatic N) is 2. The van der Waals surface area contributed by atoms with E-state index in [4.69, 9.17) is 5.26 Å². The lowest BCUT2D eigenvalue weighted by Gasteiger charge is -2.18. The van der Waals surface area contributed by atoms with Crippen LogP contribution in [-0.4, -0.2) is 32.4 Å². The molecule has 31 heavy (non-hydrogen) atoms. The van der Waals surface area contributed by atoms with Crippen LogP contribution in [0.5, 0.6) is 0 Å². The summed E-state index contributed by atoms with van der Waals surface area (Å²) in [5.41, 5.74) is 4.57. The third-order valence-electron chi connectivity index (χ3n) is 5.67. The van der Waals surface area contributed by atoms with E-state index in [1.165, 1.54) is 22.8 Å². The van der Waals surface area contributed by atoms with E-state index in [1.807, 2.05) is 24.3 Å². The van der Waals surface area contributed by atoms with Crippen molar-refractivity contribution in [2.75, 3.05) is 13.1 Å². The summed E-state index contributed by atoms with van der Waals surface area (Å²) >= 11 is 0. The number of nitriles is 1. The van der Waals surface area contributed by atoms with E-state index in [-0.39, 0.29) is 10.9 Å². The van der Waals surface area contributed by atoms with E-state index in [0.717, 1.165) is 19.5 Å². The SMILES string of the molecule is Cc1ccc(C#N)cc1S(=O)(=O)N[C@@H]1CCN(Cc2ccc(-c3ccccc3)cc2)C1. The van der Waals surface area contributed by atoms with E-state index in [1.54, 1.807) is 19.1 Å². The Morgan fingerprint density at radius 1 is 1.03 bits per heavy atom. The highest BCUT2D eigenvalue weighted by molar-refractivity contribution is 7.89. The second-order valence-corrected chi connectivity index (χ2v) is 9.68. The van der Waals surface area contributed by atoms with Crippen LogP contribution >= 0.6 is 0 Å². The monoisotopic (exact) mass is 431 g/mol. The van der Waals surface area contributed by atoms with E-state index in [2.05, 4.69) is 46.0 Å². The molecule has 158 valence electrons. The molecule has 0 spiro atoms. The minimum atomic E-state index is -3.67. The Kier molecular flexibility index (Phi) is 6.19. The summed E-state index contributed by atoms with van der Waals surface area (Å²) in [6, 6.07) is 25.4. The standard InChI is InChI=1S/C25H25N3O2S/c1-19-7-8-21(16-26)15-25(19)31(29,30)27-24-13-14-28(18-24)17-20-9-11-23(12-10-20)22-5-3-2-4-6-22/h2-12,15,24,27H,13-14,17-18H2,1H3/t24-/m1/s1. The lowest BCUT2D eigenvalue weighted by molar-refractivity contribution is 0.324. The lowest BCUT2D eigenvalue weighted by atomic mass is 10.0. The molecule has 1 atom stereocenters. The molecule has 1 saturated heterocycles. The van der Waals surface area contributed by atoms with Crippen LogP contribution in [0.2, 0.25) is 0 Å². The zero-order valence-corrected chi connectivity index (χ0v) is 18.3. The van der Waals surface area contributed by atoms with Gasteiger partial charge in [-0.1, -0.05) is 60.7 Å². The maximum atomic E-state index is 12.9. The molecule has 1 heterocycles. The third kappa shape index (κ3) is 5.02. The fourth-order valence-electron chi connectivity index (χ4n) is 4.01. The number of nitrogens with one attached hydrogen (secondary N) is 1. The fourth-order valence-corrected chi connectivity index (χ4v) is 5.54. The van der Waals surface area contributed by atoms with Crippen molar-refractivity contribution < 1.29 is 8.42 Å². The van der Waals surface area contributed by atoms with Gasteiger partial charge in [0, 0.05) is 25.7 Å². The normalized spacial score (nSPS) is 16.8. The highest BCUT2D eigenvalue weighted by Gasteiger charge is 2.28. The molecule has 0 amide bonds. The average Bonchev–Trinajstić information content (AvgIpc) is 3.21. The van der Waals surface area contributed by atoms with Crippen molar-refractivity contribution in [3.8, 4) is 17.2 Å². The Bertz CT molecular complexity index is 1200. The molecule has 3 aromatic carbocycles. The summed E-state index contributed by atoms with van der Waals surface area (Å²) in [4.78, 5) is 2.45. The van der Waals surface area contributed by atoms with Gasteiger partial charge in [0.2, 0.25) is 10.0 Å². The quantitative estimate of drug-likeness (QED) is 0.638. The molecular formula is C25H25N3O2S. The second kappa shape index (κ2) is 9.03. The van der Waals surface area contributed by atoms with Crippen molar-refractivity contribution in [2.24, 2.45) is 0 Å². The minimum absolute atomic E-state index is 0.140. The van der Waals surface area contributed by atoms with Gasteiger partial charge >= 0.3 is 0 Å². The molecular weight excluding hydrogens is 406 g/mol. The third-order valence-corrected chi connectivity index (χ3v) is 7.33. The summed E-state index contributed by atoms with van der Waals surface area (Å²) in [5, 5.41) is 9.09. The molecule has 4 rings (SSSR count). The predicted octanol–water partition coefficient (Wildman–Crippen LogP) is 4.09. The predicted molar refractivity (Wildman–Crippen MR) is 122 cm³/mol. The molecule has 1 aliphatic heterocycles. The highest BCUT2D eigenvalue weighted by atomic mass is 32.2. The first-order valence-electron chi connectivity index (χ1n) is 10.3. The number of sulfonamides is 1. The van der Waals surface area contributed by atoms with Gasteiger partial charge in [-0.15, -0.1) is 0 Å². The first-order chi connectivity index (χ1) is 14.9. The van der Waals surface area contributed by atoms with Crippen molar-refractivity contribution >= 4 is 10.0 Å². The van der Waals surface area contributed by atoms with Gasteiger partial charge in [-0.2, -0.15) is 5.26 Å². The summed E-state index contributed by atoms with van der Waals surface area (Å²) in [6.45, 7) is 4.04. The zero-order chi connectivity index (χ0) is 21.8. The summed E-state index contributed by atoms with van der Waals surface area (Å²) in [5.74, 6) is 0. The molecule has 0 aliphatic carbocycles. The maximum absolute atomic E-state index is 12.9. The molecule has 1 N–H and O–H groups in total. The van der Waals surface area contributed by atoms with Gasteiger partial charge in [0.05, 0.1) is 16.5 Å². The van der Waals surface area contributed by atoms with Gasteiger partial charge in [0.25, 0.3) is 0 Å². The molecule has 0 unspecified atom stereocenters. The van der Waals surface area contributed by atoms with E-state index < -0.39 is 10.0 Å². The van der Waals surface area contributed by atoms with Crippen molar-refractivity contribution in [3.05, 3.63) is 89.5 Å². The molecule has 3 aromatic rings. The van der Waals surface area contributed by atoms with Crippen molar-refractivity contribution in [3.63, 3.8) is 0 Å². The molecule has 6 heteroatoms. The number of rotatable bonds is 6. The van der Waals surface area contributed by atoms with Crippen LogP contribution in [0.3, 0.4) is 0 Å². The molecule has 0 aromatic heterocycles. The van der Waals surface area contributed by atoms with Crippen molar-refractivity contribution in [1.82, 2.24) is 9.62 Å². The van der Waals surface area contributed by atoms with Gasteiger partial charge in [-0.25, -0.2) is 13.1 Å². The summed E-state index contributed by atoms with van der Waals surface area (Å²) < 4.78 is 28.6. The van der Waals surface area contributed by atoms with Gasteiger partial charge in [-0.05, 0) is 47.7 Å². The second-order valence-electron chi connectivity index (χ2n) is 8.00. The summed E-state index contributed by atoms with van der Waals surface area (Å²) in [6.07, 6.45) is 0.762. The first kappa shape index (κ1) is 21.3. The van der Waals surface area contributed by atoms with Crippen LogP contribution in [0, 0.1) is 18.3 Å². The Balaban J connectivity index is 1.38. The minimum Gasteiger partial charge on any atom is -0.297 e. The van der Waals surface area contributed by atoms with Crippen LogP contribution in [0.1, 0.15) is 23.1 Å². The molecule has 1 fully saturated rings. The van der Waals surface area contributed by atoms with E-state index >= 15 is 0 Å². The molecule has 0 bridgehead atoms. The number of likely N-dealkylation sites (tertiary alicyclic amines) is 1. The smallest absolute Gasteiger partial charge is 0.241 e. The van der Waals surface area contributed by atoms with Crippen LogP contribution in [0.15, 0.2) is 77.7 Å². The largest absolute Gasteiger partial charge is 0.297 e. The lowest BCUT2D eigenvalue weighted by Crippen LogP contribution is -2.37. The van der Waals surface area contributed by atoms with Crippen LogP contribution < -0.4 is 4.72 Å². The Morgan fingerprint density at radius 2 is 1.74 bits per heavy atom. The van der Waals surface area contributed by atoms with Gasteiger partial charge < -0.3 is 0 Å². The van der Waals surface area contributed by atoms with E-state index in [9.17, 15) is 8.42 Å². The topological polar surface area (TPSA) is 73.2 Å². The summed E-state index contributed by atoms with van der Waals surface area (Å²) in [7, 11) is -3.67. The Hall–Kier alpha value is -2.98. The number of benzene rings is 3. The average molecular weight is 432 g/mol. The molecule has 5 nitrogen and oxygen atoms in total. The first-order valence-corrected chi connectivity index (χ1v) is 11.8. The number of hydrogen-bond donors (Lipinski definition) is 1. The number of hydrogen-bond acceptors (Lipinski definition) is 4. The number of aryl methyl sites for hydroxylation is 1. The molecule has 0 radical (unpaired) electrons. The Morgan fingerprint density at radius 3 is 2.45 bits per heavy atom. The van der Waals surface area contributed by atoms with Gasteiger partial charge in [-0.3, -0.25) is 4.90 Å². The highest BCUT2D eigenvalue weighted by Crippen LogP contribution is 2.22. The van der Waals surface area contributed by atoms with E-state index in [0.29, 0.717) is 17.7 Å². The van der Waals surface area contributed by atoms with Gasteiger partial charge in [0.1, 0.15) is 0 Å². The maximum Gasteiger partial charge on any atom is 0.241 e. The van der Waals surface area contributed by atoms with Crippen LogP contribution in [0.25, 0.3) is 11.1 Å². The molecule has 1 aliphatic rings. The van der Waals surface area contributed by atoms with Crippen molar-refractivity contribution in [2.45, 2.75) is 30.8 Å². The van der Waals surface area contributed by atoms with Crippen LogP contribution in [-0.2, 0) is 16.6 Å². The molecule has 0 saturated carbocycles. The Labute approximate surface area is 184 Å². The fraction of sp³-hybridized carbons (Fsp3) is 0.240. The van der Waals surface area contributed by atoms with Crippen LogP contribution in [0.4, 0.5) is 0 Å². The van der Waals surface area contributed by atoms with Crippen molar-refractivity contribution in [1.29, 1.82) is 5.26 Å². The van der Waals surface area contributed by atoms with Gasteiger partial charge in [0.15, 0.2) is 0 Å². The zero-order valence-electron chi connectivity index (χ0n) is 17.5.